The molecule has 0 bridgehead atoms. The van der Waals surface area contributed by atoms with E-state index in [1.54, 1.807) is 11.3 Å². The molecule has 0 amide bonds. The highest BCUT2D eigenvalue weighted by Crippen LogP contribution is 2.32. The highest BCUT2D eigenvalue weighted by Gasteiger charge is 2.19. The average Bonchev–Trinajstić information content (AvgIpc) is 3.16. The van der Waals surface area contributed by atoms with Gasteiger partial charge in [-0.2, -0.15) is 0 Å². The Morgan fingerprint density at radius 1 is 1.09 bits per heavy atom. The monoisotopic (exact) mass is 326 g/mol. The number of hydrogen-bond donors (Lipinski definition) is 0. The van der Waals surface area contributed by atoms with E-state index in [0.717, 1.165) is 40.8 Å². The number of nitrogens with zero attached hydrogens (tertiary/aromatic N) is 2. The number of fused-ring (bicyclic) bond motifs is 1. The Labute approximate surface area is 139 Å². The smallest absolute Gasteiger partial charge is 0.125 e. The Bertz CT molecular complexity index is 812. The van der Waals surface area contributed by atoms with Crippen LogP contribution in [-0.2, 0) is 13.0 Å². The minimum Gasteiger partial charge on any atom is -0.365 e. The molecular formula is C18H15ClN2S. The zero-order valence-corrected chi connectivity index (χ0v) is 13.6. The van der Waals surface area contributed by atoms with Crippen LogP contribution >= 0.6 is 22.9 Å². The normalized spacial score (nSPS) is 13.4. The van der Waals surface area contributed by atoms with Crippen LogP contribution in [0.5, 0.6) is 0 Å². The number of para-hydroxylation sites is 1. The molecule has 110 valence electrons. The standard InChI is InChI=1S/C18H15ClN2S/c19-16-7-3-2-6-15(16)18-20-14(12-22-18)11-21-10-9-13-5-1-4-8-17(13)21/h1-8,12H,9-11H2. The molecule has 0 saturated heterocycles. The van der Waals surface area contributed by atoms with Crippen LogP contribution < -0.4 is 4.90 Å². The fraction of sp³-hybridized carbons (Fsp3) is 0.167. The van der Waals surface area contributed by atoms with Gasteiger partial charge >= 0.3 is 0 Å². The minimum absolute atomic E-state index is 0.759. The summed E-state index contributed by atoms with van der Waals surface area (Å²) in [5, 5.41) is 3.89. The fourth-order valence-corrected chi connectivity index (χ4v) is 4.04. The topological polar surface area (TPSA) is 16.1 Å². The van der Waals surface area contributed by atoms with Gasteiger partial charge in [0.05, 0.1) is 17.3 Å². The number of halogens is 1. The van der Waals surface area contributed by atoms with Gasteiger partial charge in [-0.25, -0.2) is 4.98 Å². The van der Waals surface area contributed by atoms with Crippen molar-refractivity contribution in [2.45, 2.75) is 13.0 Å². The molecule has 0 radical (unpaired) electrons. The maximum absolute atomic E-state index is 6.26. The summed E-state index contributed by atoms with van der Waals surface area (Å²) >= 11 is 7.92. The van der Waals surface area contributed by atoms with Crippen molar-refractivity contribution in [2.75, 3.05) is 11.4 Å². The van der Waals surface area contributed by atoms with Crippen molar-refractivity contribution in [1.82, 2.24) is 4.98 Å². The van der Waals surface area contributed by atoms with Crippen molar-refractivity contribution < 1.29 is 0 Å². The molecule has 1 aliphatic rings. The first-order valence-electron chi connectivity index (χ1n) is 7.33. The van der Waals surface area contributed by atoms with Crippen LogP contribution in [0.4, 0.5) is 5.69 Å². The van der Waals surface area contributed by atoms with Crippen LogP contribution in [0.3, 0.4) is 0 Å². The van der Waals surface area contributed by atoms with Crippen LogP contribution in [0, 0.1) is 0 Å². The Kier molecular flexibility index (Phi) is 3.60. The third-order valence-corrected chi connectivity index (χ3v) is 5.25. The molecule has 0 aliphatic carbocycles. The highest BCUT2D eigenvalue weighted by atomic mass is 35.5. The molecule has 0 fully saturated rings. The maximum atomic E-state index is 6.26. The Morgan fingerprint density at radius 3 is 2.82 bits per heavy atom. The molecule has 0 spiro atoms. The van der Waals surface area contributed by atoms with Gasteiger partial charge in [0.25, 0.3) is 0 Å². The van der Waals surface area contributed by atoms with Crippen LogP contribution in [0.15, 0.2) is 53.9 Å². The molecule has 2 aromatic carbocycles. The number of anilines is 1. The number of thiazole rings is 1. The molecule has 4 rings (SSSR count). The van der Waals surface area contributed by atoms with Crippen LogP contribution in [-0.4, -0.2) is 11.5 Å². The van der Waals surface area contributed by atoms with E-state index in [1.165, 1.54) is 11.3 Å². The molecule has 22 heavy (non-hydrogen) atoms. The molecule has 4 heteroatoms. The lowest BCUT2D eigenvalue weighted by molar-refractivity contribution is 0.820. The van der Waals surface area contributed by atoms with Gasteiger partial charge in [0.15, 0.2) is 0 Å². The quantitative estimate of drug-likeness (QED) is 0.671. The predicted octanol–water partition coefficient (Wildman–Crippen LogP) is 5.03. The van der Waals surface area contributed by atoms with Crippen molar-refractivity contribution >= 4 is 28.6 Å². The van der Waals surface area contributed by atoms with E-state index in [1.807, 2.05) is 24.3 Å². The first-order chi connectivity index (χ1) is 10.8. The summed E-state index contributed by atoms with van der Waals surface area (Å²) in [6, 6.07) is 16.5. The lowest BCUT2D eigenvalue weighted by Gasteiger charge is -2.17. The second kappa shape index (κ2) is 5.75. The zero-order valence-electron chi connectivity index (χ0n) is 12.0. The van der Waals surface area contributed by atoms with E-state index in [2.05, 4.69) is 34.5 Å². The Hall–Kier alpha value is -1.84. The van der Waals surface area contributed by atoms with Crippen molar-refractivity contribution in [2.24, 2.45) is 0 Å². The second-order valence-electron chi connectivity index (χ2n) is 5.42. The van der Waals surface area contributed by atoms with Gasteiger partial charge in [0.2, 0.25) is 0 Å². The van der Waals surface area contributed by atoms with Crippen LogP contribution in [0.25, 0.3) is 10.6 Å². The first-order valence-corrected chi connectivity index (χ1v) is 8.59. The van der Waals surface area contributed by atoms with E-state index in [4.69, 9.17) is 16.6 Å². The molecule has 2 heterocycles. The zero-order chi connectivity index (χ0) is 14.9. The van der Waals surface area contributed by atoms with Gasteiger partial charge in [-0.3, -0.25) is 0 Å². The molecule has 3 aromatic rings. The molecule has 0 N–H and O–H groups in total. The molecule has 0 unspecified atom stereocenters. The van der Waals surface area contributed by atoms with Gasteiger partial charge in [-0.1, -0.05) is 48.0 Å². The largest absolute Gasteiger partial charge is 0.365 e. The summed E-state index contributed by atoms with van der Waals surface area (Å²) in [4.78, 5) is 7.17. The number of aromatic nitrogens is 1. The summed E-state index contributed by atoms with van der Waals surface area (Å²) < 4.78 is 0. The van der Waals surface area contributed by atoms with Crippen LogP contribution in [0.1, 0.15) is 11.3 Å². The summed E-state index contributed by atoms with van der Waals surface area (Å²) in [5.41, 5.74) is 4.90. The highest BCUT2D eigenvalue weighted by molar-refractivity contribution is 7.13. The van der Waals surface area contributed by atoms with Gasteiger partial charge in [-0.05, 0) is 24.1 Å². The number of benzene rings is 2. The maximum Gasteiger partial charge on any atom is 0.125 e. The summed E-state index contributed by atoms with van der Waals surface area (Å²) in [6.07, 6.45) is 1.12. The van der Waals surface area contributed by atoms with Gasteiger partial charge in [0.1, 0.15) is 5.01 Å². The third kappa shape index (κ3) is 2.51. The van der Waals surface area contributed by atoms with Crippen molar-refractivity contribution in [3.63, 3.8) is 0 Å². The molecular weight excluding hydrogens is 312 g/mol. The molecule has 1 aliphatic heterocycles. The summed E-state index contributed by atoms with van der Waals surface area (Å²) in [5.74, 6) is 0. The SMILES string of the molecule is Clc1ccccc1-c1nc(CN2CCc3ccccc32)cs1. The molecule has 1 aromatic heterocycles. The summed E-state index contributed by atoms with van der Waals surface area (Å²) in [7, 11) is 0. The van der Waals surface area contributed by atoms with E-state index in [0.29, 0.717) is 0 Å². The number of hydrogen-bond acceptors (Lipinski definition) is 3. The van der Waals surface area contributed by atoms with E-state index >= 15 is 0 Å². The lowest BCUT2D eigenvalue weighted by Crippen LogP contribution is -2.19. The Morgan fingerprint density at radius 2 is 1.91 bits per heavy atom. The average molecular weight is 327 g/mol. The molecule has 0 saturated carbocycles. The van der Waals surface area contributed by atoms with Crippen molar-refractivity contribution in [1.29, 1.82) is 0 Å². The van der Waals surface area contributed by atoms with E-state index in [9.17, 15) is 0 Å². The van der Waals surface area contributed by atoms with Gasteiger partial charge in [0, 0.05) is 23.2 Å². The second-order valence-corrected chi connectivity index (χ2v) is 6.69. The lowest BCUT2D eigenvalue weighted by atomic mass is 10.2. The van der Waals surface area contributed by atoms with Crippen molar-refractivity contribution in [3.8, 4) is 10.6 Å². The first kappa shape index (κ1) is 13.8. The van der Waals surface area contributed by atoms with Crippen LogP contribution in [0.2, 0.25) is 5.02 Å². The van der Waals surface area contributed by atoms with Crippen molar-refractivity contribution in [3.05, 3.63) is 70.2 Å². The summed E-state index contributed by atoms with van der Waals surface area (Å²) in [6.45, 7) is 1.93. The predicted molar refractivity (Wildman–Crippen MR) is 93.8 cm³/mol. The van der Waals surface area contributed by atoms with Gasteiger partial charge < -0.3 is 4.90 Å². The fourth-order valence-electron chi connectivity index (χ4n) is 2.90. The Balaban J connectivity index is 1.58. The van der Waals surface area contributed by atoms with E-state index < -0.39 is 0 Å². The molecule has 0 atom stereocenters. The van der Waals surface area contributed by atoms with Gasteiger partial charge in [-0.15, -0.1) is 11.3 Å². The third-order valence-electron chi connectivity index (χ3n) is 3.99. The number of rotatable bonds is 3. The minimum atomic E-state index is 0.759. The molecule has 2 nitrogen and oxygen atoms in total. The van der Waals surface area contributed by atoms with E-state index in [-0.39, 0.29) is 0 Å².